The van der Waals surface area contributed by atoms with Crippen LogP contribution in [0.5, 0.6) is 0 Å². The fraction of sp³-hybridized carbons (Fsp3) is 0.500. The molecular formula is C20H24F3N5O5. The molecule has 2 aromatic rings. The lowest BCUT2D eigenvalue weighted by molar-refractivity contribution is -0.157. The van der Waals surface area contributed by atoms with E-state index < -0.39 is 54.7 Å². The average Bonchev–Trinajstić information content (AvgIpc) is 3.35. The minimum atomic E-state index is -4.61. The second kappa shape index (κ2) is 9.55. The van der Waals surface area contributed by atoms with Crippen LogP contribution in [0.3, 0.4) is 0 Å². The van der Waals surface area contributed by atoms with Gasteiger partial charge in [0.1, 0.15) is 18.1 Å². The van der Waals surface area contributed by atoms with E-state index in [-0.39, 0.29) is 30.4 Å². The molecule has 2 amide bonds. The lowest BCUT2D eigenvalue weighted by Gasteiger charge is -2.26. The van der Waals surface area contributed by atoms with E-state index in [1.165, 1.54) is 12.3 Å². The zero-order chi connectivity index (χ0) is 24.3. The first-order chi connectivity index (χ1) is 15.5. The normalized spacial score (nSPS) is 16.4. The largest absolute Gasteiger partial charge is 0.467 e. The van der Waals surface area contributed by atoms with Gasteiger partial charge < -0.3 is 15.1 Å². The fourth-order valence-corrected chi connectivity index (χ4v) is 3.73. The number of nitrogens with two attached hydrogens (primary N) is 1. The molecule has 0 aromatic carbocycles. The second-order valence-electron chi connectivity index (χ2n) is 7.79. The molecule has 3 N–H and O–H groups in total. The van der Waals surface area contributed by atoms with E-state index in [1.807, 2.05) is 6.92 Å². The molecule has 0 saturated carbocycles. The van der Waals surface area contributed by atoms with Crippen LogP contribution >= 0.6 is 0 Å². The summed E-state index contributed by atoms with van der Waals surface area (Å²) in [6, 6.07) is 3.09. The maximum atomic E-state index is 13.4. The topological polar surface area (TPSA) is 135 Å². The number of rotatable bonds is 8. The number of hydrogen-bond donors (Lipinski definition) is 2. The summed E-state index contributed by atoms with van der Waals surface area (Å²) in [6.45, 7) is -0.119. The molecule has 0 aliphatic carbocycles. The van der Waals surface area contributed by atoms with Crippen LogP contribution in [0.1, 0.15) is 31.9 Å². The van der Waals surface area contributed by atoms with Crippen molar-refractivity contribution in [2.45, 2.75) is 45.5 Å². The maximum absolute atomic E-state index is 13.4. The number of carbonyl (C=O) groups excluding carboxylic acids is 2. The van der Waals surface area contributed by atoms with Crippen molar-refractivity contribution in [3.63, 3.8) is 0 Å². The number of unbranched alkanes of at least 4 members (excludes halogenated alkanes) is 1. The van der Waals surface area contributed by atoms with Gasteiger partial charge in [-0.25, -0.2) is 4.79 Å². The van der Waals surface area contributed by atoms with Gasteiger partial charge in [-0.3, -0.25) is 28.8 Å². The van der Waals surface area contributed by atoms with Gasteiger partial charge in [-0.1, -0.05) is 13.3 Å². The Hall–Kier alpha value is -3.51. The first kappa shape index (κ1) is 24.1. The van der Waals surface area contributed by atoms with Crippen molar-refractivity contribution in [1.29, 1.82) is 0 Å². The van der Waals surface area contributed by atoms with Gasteiger partial charge in [0.2, 0.25) is 11.8 Å². The number of anilines is 2. The van der Waals surface area contributed by atoms with Gasteiger partial charge in [-0.05, 0) is 18.6 Å². The number of carbonyl (C=O) groups is 2. The third-order valence-electron chi connectivity index (χ3n) is 5.31. The number of nitrogen functional groups attached to an aromatic ring is 1. The summed E-state index contributed by atoms with van der Waals surface area (Å²) in [7, 11) is 0. The minimum Gasteiger partial charge on any atom is -0.467 e. The van der Waals surface area contributed by atoms with Gasteiger partial charge in [-0.2, -0.15) is 13.2 Å². The zero-order valence-electron chi connectivity index (χ0n) is 17.9. The van der Waals surface area contributed by atoms with Gasteiger partial charge in [0.05, 0.1) is 18.7 Å². The Morgan fingerprint density at radius 1 is 1.33 bits per heavy atom. The highest BCUT2D eigenvalue weighted by Crippen LogP contribution is 2.28. The Kier molecular flexibility index (Phi) is 6.98. The lowest BCUT2D eigenvalue weighted by Crippen LogP contribution is -2.44. The molecule has 3 rings (SSSR count). The minimum absolute atomic E-state index is 0.189. The molecule has 2 aromatic heterocycles. The smallest absolute Gasteiger partial charge is 0.406 e. The van der Waals surface area contributed by atoms with E-state index in [0.717, 1.165) is 15.9 Å². The first-order valence-electron chi connectivity index (χ1n) is 10.3. The van der Waals surface area contributed by atoms with Crippen molar-refractivity contribution < 1.29 is 27.2 Å². The van der Waals surface area contributed by atoms with E-state index >= 15 is 0 Å². The third-order valence-corrected chi connectivity index (χ3v) is 5.31. The molecule has 33 heavy (non-hydrogen) atoms. The Labute approximate surface area is 185 Å². The van der Waals surface area contributed by atoms with Crippen molar-refractivity contribution in [3.05, 3.63) is 45.0 Å². The van der Waals surface area contributed by atoms with Crippen molar-refractivity contribution in [3.8, 4) is 0 Å². The number of aromatic amines is 1. The number of halogens is 3. The summed E-state index contributed by atoms with van der Waals surface area (Å²) in [6.07, 6.45) is -2.41. The Morgan fingerprint density at radius 2 is 2.06 bits per heavy atom. The molecule has 0 spiro atoms. The quantitative estimate of drug-likeness (QED) is 0.599. The van der Waals surface area contributed by atoms with E-state index in [1.54, 1.807) is 6.07 Å². The summed E-state index contributed by atoms with van der Waals surface area (Å²) in [5.41, 5.74) is 4.13. The molecule has 1 saturated heterocycles. The molecule has 1 aliphatic heterocycles. The monoisotopic (exact) mass is 471 g/mol. The second-order valence-corrected chi connectivity index (χ2v) is 7.79. The summed E-state index contributed by atoms with van der Waals surface area (Å²) < 4.78 is 44.7. The summed E-state index contributed by atoms with van der Waals surface area (Å²) >= 11 is 0. The van der Waals surface area contributed by atoms with Crippen molar-refractivity contribution in [1.82, 2.24) is 14.5 Å². The van der Waals surface area contributed by atoms with Crippen LogP contribution in [0, 0.1) is 5.92 Å². The lowest BCUT2D eigenvalue weighted by atomic mass is 10.1. The Morgan fingerprint density at radius 3 is 2.67 bits per heavy atom. The molecule has 1 unspecified atom stereocenters. The van der Waals surface area contributed by atoms with Gasteiger partial charge in [-0.15, -0.1) is 0 Å². The predicted molar refractivity (Wildman–Crippen MR) is 111 cm³/mol. The van der Waals surface area contributed by atoms with E-state index in [9.17, 15) is 32.3 Å². The number of H-pyrrole nitrogens is 1. The number of hydrogen-bond acceptors (Lipinski definition) is 6. The van der Waals surface area contributed by atoms with E-state index in [4.69, 9.17) is 10.2 Å². The molecule has 0 radical (unpaired) electrons. The number of aromatic nitrogens is 2. The van der Waals surface area contributed by atoms with Crippen LogP contribution < -0.4 is 21.9 Å². The highest BCUT2D eigenvalue weighted by atomic mass is 19.4. The van der Waals surface area contributed by atoms with Crippen LogP contribution in [0.2, 0.25) is 0 Å². The number of amides is 2. The van der Waals surface area contributed by atoms with E-state index in [2.05, 4.69) is 4.98 Å². The summed E-state index contributed by atoms with van der Waals surface area (Å²) in [4.78, 5) is 54.1. The maximum Gasteiger partial charge on any atom is 0.406 e. The molecule has 3 heterocycles. The van der Waals surface area contributed by atoms with Crippen LogP contribution in [-0.2, 0) is 22.7 Å². The van der Waals surface area contributed by atoms with Crippen LogP contribution in [0.25, 0.3) is 0 Å². The number of nitrogens with one attached hydrogen (secondary N) is 1. The molecule has 13 heteroatoms. The van der Waals surface area contributed by atoms with Gasteiger partial charge >= 0.3 is 11.9 Å². The number of likely N-dealkylation sites (tertiary alicyclic amines) is 1. The highest BCUT2D eigenvalue weighted by Gasteiger charge is 2.42. The molecule has 1 atom stereocenters. The number of alkyl halides is 3. The van der Waals surface area contributed by atoms with Gasteiger partial charge in [0.25, 0.3) is 5.56 Å². The van der Waals surface area contributed by atoms with Crippen LogP contribution in [-0.4, -0.2) is 45.5 Å². The van der Waals surface area contributed by atoms with Crippen molar-refractivity contribution in [2.75, 3.05) is 23.7 Å². The fourth-order valence-electron chi connectivity index (χ4n) is 3.73. The third kappa shape index (κ3) is 5.46. The molecular weight excluding hydrogens is 447 g/mol. The van der Waals surface area contributed by atoms with E-state index in [0.29, 0.717) is 11.3 Å². The summed E-state index contributed by atoms with van der Waals surface area (Å²) in [5.74, 6) is -2.72. The van der Waals surface area contributed by atoms with Gasteiger partial charge in [0, 0.05) is 19.5 Å². The number of nitrogens with zero attached hydrogens (tertiary/aromatic N) is 3. The molecule has 180 valence electrons. The Balaban J connectivity index is 2.00. The SMILES string of the molecule is CCCCn1c(N)c(N(Cc2ccco2)C(=O)C2CC(=O)N(CC(F)(F)F)C2)c(=O)[nH]c1=O. The van der Waals surface area contributed by atoms with Crippen molar-refractivity contribution in [2.24, 2.45) is 5.92 Å². The summed E-state index contributed by atoms with van der Waals surface area (Å²) in [5, 5.41) is 0. The van der Waals surface area contributed by atoms with Gasteiger partial charge in [0.15, 0.2) is 5.69 Å². The number of furan rings is 1. The molecule has 1 aliphatic rings. The van der Waals surface area contributed by atoms with Crippen LogP contribution in [0.15, 0.2) is 32.4 Å². The van der Waals surface area contributed by atoms with Crippen LogP contribution in [0.4, 0.5) is 24.7 Å². The van der Waals surface area contributed by atoms with Crippen molar-refractivity contribution >= 4 is 23.3 Å². The zero-order valence-corrected chi connectivity index (χ0v) is 17.9. The average molecular weight is 471 g/mol. The molecule has 10 nitrogen and oxygen atoms in total. The predicted octanol–water partition coefficient (Wildman–Crippen LogP) is 1.46. The molecule has 0 bridgehead atoms. The molecule has 1 fully saturated rings. The highest BCUT2D eigenvalue weighted by molar-refractivity contribution is 6.00. The Bertz CT molecular complexity index is 1120. The standard InChI is InChI=1S/C20H24F3N5O5/c1-2-3-6-27-16(24)15(17(30)25-19(27)32)28(10-13-5-4-7-33-13)18(31)12-8-14(29)26(9-12)11-20(21,22)23/h4-5,7,12H,2-3,6,8-11,24H2,1H3,(H,25,30,32). The first-order valence-corrected chi connectivity index (χ1v) is 10.3.